The van der Waals surface area contributed by atoms with Gasteiger partial charge < -0.3 is 10.2 Å². The minimum absolute atomic E-state index is 0.250. The van der Waals surface area contributed by atoms with Crippen LogP contribution in [0.2, 0.25) is 0 Å². The lowest BCUT2D eigenvalue weighted by molar-refractivity contribution is 0.467. The fourth-order valence-corrected chi connectivity index (χ4v) is 2.07. The van der Waals surface area contributed by atoms with Gasteiger partial charge in [0.15, 0.2) is 0 Å². The predicted octanol–water partition coefficient (Wildman–Crippen LogP) is 3.69. The molecule has 2 rings (SSSR count). The van der Waals surface area contributed by atoms with Gasteiger partial charge in [0.1, 0.15) is 11.5 Å². The molecule has 88 valence electrons. The summed E-state index contributed by atoms with van der Waals surface area (Å²) in [5.74, 6) is 0.572. The normalized spacial score (nSPS) is 10.5. The van der Waals surface area contributed by atoms with E-state index in [1.165, 1.54) is 0 Å². The van der Waals surface area contributed by atoms with Crippen LogP contribution in [-0.4, -0.2) is 10.2 Å². The van der Waals surface area contributed by atoms with Crippen LogP contribution >= 0.6 is 0 Å². The van der Waals surface area contributed by atoms with Gasteiger partial charge in [0.05, 0.1) is 0 Å². The second-order valence-electron chi connectivity index (χ2n) is 4.46. The number of phenolic OH excluding ortho intramolecular Hbond substituents is 2. The molecule has 0 fully saturated rings. The molecule has 2 nitrogen and oxygen atoms in total. The summed E-state index contributed by atoms with van der Waals surface area (Å²) >= 11 is 0. The minimum Gasteiger partial charge on any atom is -0.508 e. The van der Waals surface area contributed by atoms with Gasteiger partial charge in [0, 0.05) is 0 Å². The smallest absolute Gasteiger partial charge is 0.122 e. The zero-order chi connectivity index (χ0) is 12.6. The number of aromatic hydroxyl groups is 2. The maximum Gasteiger partial charge on any atom is 0.122 e. The largest absolute Gasteiger partial charge is 0.508 e. The lowest BCUT2D eigenvalue weighted by Crippen LogP contribution is -1.87. The van der Waals surface area contributed by atoms with E-state index in [1.807, 2.05) is 39.0 Å². The van der Waals surface area contributed by atoms with Crippen molar-refractivity contribution in [2.45, 2.75) is 20.8 Å². The van der Waals surface area contributed by atoms with Gasteiger partial charge in [-0.25, -0.2) is 0 Å². The van der Waals surface area contributed by atoms with Crippen molar-refractivity contribution in [3.05, 3.63) is 47.0 Å². The third kappa shape index (κ3) is 2.11. The monoisotopic (exact) mass is 228 g/mol. The van der Waals surface area contributed by atoms with E-state index in [4.69, 9.17) is 0 Å². The summed E-state index contributed by atoms with van der Waals surface area (Å²) in [5.41, 5.74) is 4.58. The molecule has 0 radical (unpaired) electrons. The molecular formula is C15H16O2. The molecule has 0 atom stereocenters. The molecule has 0 aliphatic rings. The highest BCUT2D eigenvalue weighted by atomic mass is 16.3. The first-order valence-corrected chi connectivity index (χ1v) is 5.59. The van der Waals surface area contributed by atoms with Crippen molar-refractivity contribution in [3.8, 4) is 22.6 Å². The molecule has 2 aromatic rings. The van der Waals surface area contributed by atoms with Gasteiger partial charge in [-0.3, -0.25) is 0 Å². The summed E-state index contributed by atoms with van der Waals surface area (Å²) < 4.78 is 0. The molecule has 0 saturated carbocycles. The molecule has 0 spiro atoms. The Bertz CT molecular complexity index is 551. The Morgan fingerprint density at radius 3 is 2.24 bits per heavy atom. The van der Waals surface area contributed by atoms with Crippen LogP contribution < -0.4 is 0 Å². The SMILES string of the molecule is Cc1cc(O)cc(-c2ccc(C)c(O)c2C)c1. The van der Waals surface area contributed by atoms with Crippen LogP contribution in [0.25, 0.3) is 11.1 Å². The first-order chi connectivity index (χ1) is 7.99. The van der Waals surface area contributed by atoms with Crippen LogP contribution in [0.3, 0.4) is 0 Å². The highest BCUT2D eigenvalue weighted by molar-refractivity contribution is 5.72. The van der Waals surface area contributed by atoms with E-state index >= 15 is 0 Å². The molecule has 2 heteroatoms. The van der Waals surface area contributed by atoms with Crippen molar-refractivity contribution < 1.29 is 10.2 Å². The summed E-state index contributed by atoms with van der Waals surface area (Å²) in [6.07, 6.45) is 0. The van der Waals surface area contributed by atoms with E-state index in [-0.39, 0.29) is 5.75 Å². The highest BCUT2D eigenvalue weighted by Gasteiger charge is 2.09. The molecular weight excluding hydrogens is 212 g/mol. The summed E-state index contributed by atoms with van der Waals surface area (Å²) in [6.45, 7) is 5.70. The van der Waals surface area contributed by atoms with Gasteiger partial charge in [0.25, 0.3) is 0 Å². The summed E-state index contributed by atoms with van der Waals surface area (Å²) in [5, 5.41) is 19.5. The molecule has 0 saturated heterocycles. The molecule has 0 aliphatic carbocycles. The molecule has 17 heavy (non-hydrogen) atoms. The third-order valence-electron chi connectivity index (χ3n) is 3.01. The van der Waals surface area contributed by atoms with E-state index in [0.29, 0.717) is 5.75 Å². The van der Waals surface area contributed by atoms with Gasteiger partial charge in [-0.2, -0.15) is 0 Å². The van der Waals surface area contributed by atoms with Crippen LogP contribution in [0, 0.1) is 20.8 Å². The fourth-order valence-electron chi connectivity index (χ4n) is 2.07. The van der Waals surface area contributed by atoms with Crippen molar-refractivity contribution in [1.29, 1.82) is 0 Å². The molecule has 2 N–H and O–H groups in total. The van der Waals surface area contributed by atoms with E-state index < -0.39 is 0 Å². The summed E-state index contributed by atoms with van der Waals surface area (Å²) in [6, 6.07) is 9.28. The number of hydrogen-bond donors (Lipinski definition) is 2. The first-order valence-electron chi connectivity index (χ1n) is 5.59. The molecule has 0 unspecified atom stereocenters. The van der Waals surface area contributed by atoms with Gasteiger partial charge >= 0.3 is 0 Å². The lowest BCUT2D eigenvalue weighted by atomic mass is 9.96. The standard InChI is InChI=1S/C15H16O2/c1-9-6-12(8-13(16)7-9)14-5-4-10(2)15(17)11(14)3/h4-8,16-17H,1-3H3. The van der Waals surface area contributed by atoms with Crippen molar-refractivity contribution in [1.82, 2.24) is 0 Å². The molecule has 0 aromatic heterocycles. The topological polar surface area (TPSA) is 40.5 Å². The Hall–Kier alpha value is -1.96. The van der Waals surface area contributed by atoms with Gasteiger partial charge in [0.2, 0.25) is 0 Å². The molecule has 0 aliphatic heterocycles. The molecule has 0 bridgehead atoms. The van der Waals surface area contributed by atoms with Gasteiger partial charge in [-0.1, -0.05) is 18.2 Å². The number of benzene rings is 2. The van der Waals surface area contributed by atoms with E-state index in [2.05, 4.69) is 0 Å². The number of hydrogen-bond acceptors (Lipinski definition) is 2. The van der Waals surface area contributed by atoms with Crippen molar-refractivity contribution in [3.63, 3.8) is 0 Å². The second-order valence-corrected chi connectivity index (χ2v) is 4.46. The number of rotatable bonds is 1. The first kappa shape index (κ1) is 11.5. The zero-order valence-corrected chi connectivity index (χ0v) is 10.3. The second kappa shape index (κ2) is 4.13. The quantitative estimate of drug-likeness (QED) is 0.781. The Morgan fingerprint density at radius 2 is 1.59 bits per heavy atom. The minimum atomic E-state index is 0.250. The zero-order valence-electron chi connectivity index (χ0n) is 10.3. The Labute approximate surface area is 101 Å². The van der Waals surface area contributed by atoms with Crippen LogP contribution in [0.1, 0.15) is 16.7 Å². The Morgan fingerprint density at radius 1 is 0.882 bits per heavy atom. The molecule has 2 aromatic carbocycles. The number of aryl methyl sites for hydroxylation is 2. The lowest BCUT2D eigenvalue weighted by Gasteiger charge is -2.11. The predicted molar refractivity (Wildman–Crippen MR) is 69.4 cm³/mol. The van der Waals surface area contributed by atoms with Crippen LogP contribution in [0.15, 0.2) is 30.3 Å². The summed E-state index contributed by atoms with van der Waals surface area (Å²) in [7, 11) is 0. The maximum atomic E-state index is 9.92. The fraction of sp³-hybridized carbons (Fsp3) is 0.200. The van der Waals surface area contributed by atoms with Crippen molar-refractivity contribution in [2.24, 2.45) is 0 Å². The third-order valence-corrected chi connectivity index (χ3v) is 3.01. The highest BCUT2D eigenvalue weighted by Crippen LogP contribution is 2.33. The van der Waals surface area contributed by atoms with Crippen LogP contribution in [0.5, 0.6) is 11.5 Å². The maximum absolute atomic E-state index is 9.92. The van der Waals surface area contributed by atoms with E-state index in [9.17, 15) is 10.2 Å². The average Bonchev–Trinajstić information content (AvgIpc) is 2.24. The Kier molecular flexibility index (Phi) is 2.80. The molecule has 0 heterocycles. The number of phenols is 2. The van der Waals surface area contributed by atoms with Crippen LogP contribution in [-0.2, 0) is 0 Å². The Balaban J connectivity index is 2.64. The molecule has 0 amide bonds. The van der Waals surface area contributed by atoms with Crippen molar-refractivity contribution in [2.75, 3.05) is 0 Å². The summed E-state index contributed by atoms with van der Waals surface area (Å²) in [4.78, 5) is 0. The van der Waals surface area contributed by atoms with E-state index in [1.54, 1.807) is 12.1 Å². The van der Waals surface area contributed by atoms with Crippen molar-refractivity contribution >= 4 is 0 Å². The van der Waals surface area contributed by atoms with Gasteiger partial charge in [-0.15, -0.1) is 0 Å². The van der Waals surface area contributed by atoms with E-state index in [0.717, 1.165) is 27.8 Å². The average molecular weight is 228 g/mol. The van der Waals surface area contributed by atoms with Gasteiger partial charge in [-0.05, 0) is 60.7 Å². The van der Waals surface area contributed by atoms with Crippen LogP contribution in [0.4, 0.5) is 0 Å².